The van der Waals surface area contributed by atoms with Crippen molar-refractivity contribution in [3.8, 4) is 0 Å². The van der Waals surface area contributed by atoms with E-state index in [0.29, 0.717) is 12.0 Å². The lowest BCUT2D eigenvalue weighted by Gasteiger charge is -2.35. The average Bonchev–Trinajstić information content (AvgIpc) is 2.97. The number of rotatable bonds is 5. The Kier molecular flexibility index (Phi) is 3.94. The fourth-order valence-electron chi connectivity index (χ4n) is 3.33. The van der Waals surface area contributed by atoms with Gasteiger partial charge in [-0.1, -0.05) is 13.3 Å². The predicted molar refractivity (Wildman–Crippen MR) is 77.2 cm³/mol. The molecule has 3 heteroatoms. The van der Waals surface area contributed by atoms with Crippen molar-refractivity contribution in [1.82, 2.24) is 10.2 Å². The minimum Gasteiger partial charge on any atom is -0.464 e. The molecule has 1 aliphatic heterocycles. The highest BCUT2D eigenvalue weighted by Crippen LogP contribution is 2.47. The average molecular weight is 262 g/mol. The molecule has 0 aromatic carbocycles. The van der Waals surface area contributed by atoms with Crippen molar-refractivity contribution in [3.63, 3.8) is 0 Å². The van der Waals surface area contributed by atoms with E-state index in [0.717, 1.165) is 24.8 Å². The first-order valence-corrected chi connectivity index (χ1v) is 7.75. The van der Waals surface area contributed by atoms with Crippen molar-refractivity contribution >= 4 is 0 Å². The second-order valence-corrected chi connectivity index (χ2v) is 6.30. The molecule has 1 aromatic rings. The molecule has 3 atom stereocenters. The van der Waals surface area contributed by atoms with Gasteiger partial charge in [-0.05, 0) is 50.9 Å². The topological polar surface area (TPSA) is 28.4 Å². The van der Waals surface area contributed by atoms with Crippen LogP contribution >= 0.6 is 0 Å². The van der Waals surface area contributed by atoms with E-state index in [2.05, 4.69) is 29.3 Å². The summed E-state index contributed by atoms with van der Waals surface area (Å²) in [4.78, 5) is 2.58. The van der Waals surface area contributed by atoms with Gasteiger partial charge < -0.3 is 9.73 Å². The highest BCUT2D eigenvalue weighted by atomic mass is 16.3. The van der Waals surface area contributed by atoms with Crippen LogP contribution in [0.4, 0.5) is 0 Å². The minimum absolute atomic E-state index is 0.673. The molecule has 1 saturated heterocycles. The van der Waals surface area contributed by atoms with Gasteiger partial charge in [-0.15, -0.1) is 0 Å². The van der Waals surface area contributed by atoms with Gasteiger partial charge in [0.15, 0.2) is 0 Å². The van der Waals surface area contributed by atoms with Gasteiger partial charge in [0.1, 0.15) is 11.5 Å². The Hall–Kier alpha value is -0.800. The number of nitrogens with one attached hydrogen (secondary N) is 1. The summed E-state index contributed by atoms with van der Waals surface area (Å²) in [6.07, 6.45) is 5.31. The van der Waals surface area contributed by atoms with E-state index in [1.54, 1.807) is 0 Å². The first-order chi connectivity index (χ1) is 9.28. The summed E-state index contributed by atoms with van der Waals surface area (Å²) >= 11 is 0. The Morgan fingerprint density at radius 3 is 2.95 bits per heavy atom. The van der Waals surface area contributed by atoms with E-state index < -0.39 is 0 Å². The van der Waals surface area contributed by atoms with Crippen LogP contribution in [0.5, 0.6) is 0 Å². The van der Waals surface area contributed by atoms with Crippen LogP contribution in [0.25, 0.3) is 0 Å². The molecule has 1 saturated carbocycles. The van der Waals surface area contributed by atoms with Crippen LogP contribution in [0.1, 0.15) is 50.0 Å². The largest absolute Gasteiger partial charge is 0.464 e. The molecule has 0 radical (unpaired) electrons. The Balaban J connectivity index is 1.61. The van der Waals surface area contributed by atoms with Crippen molar-refractivity contribution in [1.29, 1.82) is 0 Å². The lowest BCUT2D eigenvalue weighted by atomic mass is 10.0. The SMILES string of the molecule is CNCC1CCCCN1Cc1ccc(C2CC2C)o1. The van der Waals surface area contributed by atoms with Gasteiger partial charge in [0.2, 0.25) is 0 Å². The predicted octanol–water partition coefficient (Wildman–Crippen LogP) is 2.98. The maximum absolute atomic E-state index is 6.05. The standard InChI is InChI=1S/C16H26N2O/c1-12-9-15(12)16-7-6-14(19-16)11-18-8-4-3-5-13(18)10-17-2/h6-7,12-13,15,17H,3-5,8-11H2,1-2H3. The van der Waals surface area contributed by atoms with Crippen molar-refractivity contribution in [2.45, 2.75) is 51.1 Å². The molecule has 1 N–H and O–H groups in total. The molecule has 2 aliphatic rings. The summed E-state index contributed by atoms with van der Waals surface area (Å²) in [5.74, 6) is 3.89. The molecule has 106 valence electrons. The fourth-order valence-corrected chi connectivity index (χ4v) is 3.33. The summed E-state index contributed by atoms with van der Waals surface area (Å²) in [6, 6.07) is 5.05. The van der Waals surface area contributed by atoms with Gasteiger partial charge in [-0.3, -0.25) is 4.90 Å². The highest BCUT2D eigenvalue weighted by Gasteiger charge is 2.36. The number of hydrogen-bond acceptors (Lipinski definition) is 3. The normalized spacial score (nSPS) is 31.6. The summed E-state index contributed by atoms with van der Waals surface area (Å²) in [6.45, 7) is 5.59. The Morgan fingerprint density at radius 1 is 1.37 bits per heavy atom. The summed E-state index contributed by atoms with van der Waals surface area (Å²) in [5, 5.41) is 3.32. The molecular weight excluding hydrogens is 236 g/mol. The van der Waals surface area contributed by atoms with Crippen molar-refractivity contribution in [2.24, 2.45) is 5.92 Å². The molecule has 2 fully saturated rings. The number of likely N-dealkylation sites (N-methyl/N-ethyl adjacent to an activating group) is 1. The zero-order chi connectivity index (χ0) is 13.2. The van der Waals surface area contributed by atoms with Crippen molar-refractivity contribution in [2.75, 3.05) is 20.1 Å². The van der Waals surface area contributed by atoms with E-state index in [9.17, 15) is 0 Å². The lowest BCUT2D eigenvalue weighted by molar-refractivity contribution is 0.129. The molecule has 3 rings (SSSR count). The van der Waals surface area contributed by atoms with Crippen LogP contribution in [-0.2, 0) is 6.54 Å². The molecule has 2 heterocycles. The minimum atomic E-state index is 0.673. The Labute approximate surface area is 116 Å². The second kappa shape index (κ2) is 5.68. The van der Waals surface area contributed by atoms with Crippen LogP contribution in [-0.4, -0.2) is 31.1 Å². The molecule has 0 spiro atoms. The molecule has 1 aromatic heterocycles. The van der Waals surface area contributed by atoms with Crippen molar-refractivity contribution in [3.05, 3.63) is 23.7 Å². The zero-order valence-corrected chi connectivity index (χ0v) is 12.2. The first kappa shape index (κ1) is 13.2. The summed E-state index contributed by atoms with van der Waals surface area (Å²) in [7, 11) is 2.05. The van der Waals surface area contributed by atoms with Gasteiger partial charge in [0, 0.05) is 18.5 Å². The highest BCUT2D eigenvalue weighted by molar-refractivity contribution is 5.17. The Bertz CT molecular complexity index is 413. The first-order valence-electron chi connectivity index (χ1n) is 7.75. The molecule has 3 unspecified atom stereocenters. The van der Waals surface area contributed by atoms with Crippen LogP contribution < -0.4 is 5.32 Å². The number of likely N-dealkylation sites (tertiary alicyclic amines) is 1. The molecule has 19 heavy (non-hydrogen) atoms. The van der Waals surface area contributed by atoms with E-state index >= 15 is 0 Å². The smallest absolute Gasteiger partial charge is 0.118 e. The third kappa shape index (κ3) is 3.03. The number of hydrogen-bond donors (Lipinski definition) is 1. The van der Waals surface area contributed by atoms with E-state index in [-0.39, 0.29) is 0 Å². The zero-order valence-electron chi connectivity index (χ0n) is 12.2. The van der Waals surface area contributed by atoms with Crippen LogP contribution in [0.15, 0.2) is 16.5 Å². The lowest BCUT2D eigenvalue weighted by Crippen LogP contribution is -2.44. The summed E-state index contributed by atoms with van der Waals surface area (Å²) < 4.78 is 6.05. The van der Waals surface area contributed by atoms with E-state index in [1.165, 1.54) is 38.0 Å². The number of nitrogens with zero attached hydrogens (tertiary/aromatic N) is 1. The fraction of sp³-hybridized carbons (Fsp3) is 0.750. The molecule has 3 nitrogen and oxygen atoms in total. The second-order valence-electron chi connectivity index (χ2n) is 6.30. The molecule has 1 aliphatic carbocycles. The number of piperidine rings is 1. The molecule has 0 amide bonds. The van der Waals surface area contributed by atoms with E-state index in [4.69, 9.17) is 4.42 Å². The quantitative estimate of drug-likeness (QED) is 0.884. The third-order valence-corrected chi connectivity index (χ3v) is 4.71. The van der Waals surface area contributed by atoms with Gasteiger partial charge in [0.05, 0.1) is 6.54 Å². The summed E-state index contributed by atoms with van der Waals surface area (Å²) in [5.41, 5.74) is 0. The maximum atomic E-state index is 6.05. The monoisotopic (exact) mass is 262 g/mol. The Morgan fingerprint density at radius 2 is 2.21 bits per heavy atom. The maximum Gasteiger partial charge on any atom is 0.118 e. The van der Waals surface area contributed by atoms with Gasteiger partial charge in [-0.2, -0.15) is 0 Å². The van der Waals surface area contributed by atoms with Crippen LogP contribution in [0.3, 0.4) is 0 Å². The van der Waals surface area contributed by atoms with Crippen LogP contribution in [0.2, 0.25) is 0 Å². The number of furan rings is 1. The van der Waals surface area contributed by atoms with Crippen LogP contribution in [0, 0.1) is 5.92 Å². The molecular formula is C16H26N2O. The van der Waals surface area contributed by atoms with Gasteiger partial charge in [-0.25, -0.2) is 0 Å². The third-order valence-electron chi connectivity index (χ3n) is 4.71. The molecule has 0 bridgehead atoms. The van der Waals surface area contributed by atoms with Crippen molar-refractivity contribution < 1.29 is 4.42 Å². The van der Waals surface area contributed by atoms with Gasteiger partial charge >= 0.3 is 0 Å². The van der Waals surface area contributed by atoms with Gasteiger partial charge in [0.25, 0.3) is 0 Å². The van der Waals surface area contributed by atoms with E-state index in [1.807, 2.05) is 7.05 Å².